The van der Waals surface area contributed by atoms with Crippen molar-refractivity contribution in [2.75, 3.05) is 6.54 Å². The summed E-state index contributed by atoms with van der Waals surface area (Å²) < 4.78 is 0. The van der Waals surface area contributed by atoms with Gasteiger partial charge in [-0.3, -0.25) is 9.59 Å². The zero-order chi connectivity index (χ0) is 15.2. The highest BCUT2D eigenvalue weighted by molar-refractivity contribution is 6.42. The van der Waals surface area contributed by atoms with E-state index in [9.17, 15) is 9.59 Å². The number of amides is 2. The van der Waals surface area contributed by atoms with Crippen LogP contribution in [0.4, 0.5) is 0 Å². The van der Waals surface area contributed by atoms with Crippen molar-refractivity contribution in [2.24, 2.45) is 5.92 Å². The second-order valence-corrected chi connectivity index (χ2v) is 6.68. The van der Waals surface area contributed by atoms with Gasteiger partial charge < -0.3 is 10.2 Å². The highest BCUT2D eigenvalue weighted by Gasteiger charge is 2.52. The van der Waals surface area contributed by atoms with Crippen molar-refractivity contribution in [1.82, 2.24) is 10.2 Å². The van der Waals surface area contributed by atoms with Gasteiger partial charge in [-0.2, -0.15) is 0 Å². The molecule has 1 N–H and O–H groups in total. The van der Waals surface area contributed by atoms with Gasteiger partial charge in [0.05, 0.1) is 16.6 Å². The molecule has 1 saturated carbocycles. The van der Waals surface area contributed by atoms with E-state index in [2.05, 4.69) is 5.32 Å². The quantitative estimate of drug-likeness (QED) is 0.928. The van der Waals surface area contributed by atoms with E-state index in [0.717, 1.165) is 18.4 Å². The van der Waals surface area contributed by atoms with Crippen LogP contribution in [0.5, 0.6) is 0 Å². The number of halogens is 2. The summed E-state index contributed by atoms with van der Waals surface area (Å²) in [4.78, 5) is 26.2. The number of rotatable bonds is 3. The first-order valence-corrected chi connectivity index (χ1v) is 7.70. The maximum Gasteiger partial charge on any atom is 0.249 e. The predicted molar refractivity (Wildman–Crippen MR) is 81.2 cm³/mol. The summed E-state index contributed by atoms with van der Waals surface area (Å²) in [6.45, 7) is 2.18. The molecule has 1 aromatic carbocycles. The van der Waals surface area contributed by atoms with E-state index >= 15 is 0 Å². The standard InChI is InChI=1S/C15H16Cl2N2O2/c1-15(10-5-6-10)14(21)19(8-12(20)18-15)7-9-3-2-4-11(16)13(9)17/h2-4,10H,5-8H2,1H3,(H,18,20). The Morgan fingerprint density at radius 2 is 2.05 bits per heavy atom. The summed E-state index contributed by atoms with van der Waals surface area (Å²) in [7, 11) is 0. The van der Waals surface area contributed by atoms with Crippen molar-refractivity contribution in [3.05, 3.63) is 33.8 Å². The van der Waals surface area contributed by atoms with Gasteiger partial charge in [-0.25, -0.2) is 0 Å². The molecule has 1 heterocycles. The molecule has 2 aliphatic rings. The van der Waals surface area contributed by atoms with Gasteiger partial charge in [-0.1, -0.05) is 35.3 Å². The largest absolute Gasteiger partial charge is 0.340 e. The van der Waals surface area contributed by atoms with Crippen molar-refractivity contribution in [2.45, 2.75) is 31.8 Å². The van der Waals surface area contributed by atoms with Crippen LogP contribution in [0, 0.1) is 5.92 Å². The van der Waals surface area contributed by atoms with Crippen LogP contribution in [0.2, 0.25) is 10.0 Å². The number of piperazine rings is 1. The summed E-state index contributed by atoms with van der Waals surface area (Å²) in [5, 5.41) is 3.75. The van der Waals surface area contributed by atoms with Crippen LogP contribution < -0.4 is 5.32 Å². The van der Waals surface area contributed by atoms with Gasteiger partial charge in [0.2, 0.25) is 11.8 Å². The lowest BCUT2D eigenvalue weighted by atomic mass is 9.91. The van der Waals surface area contributed by atoms with Gasteiger partial charge >= 0.3 is 0 Å². The second-order valence-electron chi connectivity index (χ2n) is 5.90. The molecule has 2 fully saturated rings. The first-order chi connectivity index (χ1) is 9.91. The van der Waals surface area contributed by atoms with Crippen molar-refractivity contribution >= 4 is 35.0 Å². The molecular formula is C15H16Cl2N2O2. The Hall–Kier alpha value is -1.26. The van der Waals surface area contributed by atoms with E-state index in [4.69, 9.17) is 23.2 Å². The van der Waals surface area contributed by atoms with Gasteiger partial charge in [-0.05, 0) is 37.3 Å². The third kappa shape index (κ3) is 2.62. The number of nitrogens with one attached hydrogen (secondary N) is 1. The molecule has 1 saturated heterocycles. The van der Waals surface area contributed by atoms with E-state index in [1.165, 1.54) is 0 Å². The van der Waals surface area contributed by atoms with E-state index < -0.39 is 5.54 Å². The minimum Gasteiger partial charge on any atom is -0.340 e. The fourth-order valence-electron chi connectivity index (χ4n) is 2.90. The normalized spacial score (nSPS) is 26.0. The van der Waals surface area contributed by atoms with E-state index in [0.29, 0.717) is 16.6 Å². The topological polar surface area (TPSA) is 49.4 Å². The molecule has 21 heavy (non-hydrogen) atoms. The number of carbonyl (C=O) groups excluding carboxylic acids is 2. The average molecular weight is 327 g/mol. The smallest absolute Gasteiger partial charge is 0.249 e. The predicted octanol–water partition coefficient (Wildman–Crippen LogP) is 2.62. The fraction of sp³-hybridized carbons (Fsp3) is 0.467. The molecule has 6 heteroatoms. The number of benzene rings is 1. The first-order valence-electron chi connectivity index (χ1n) is 6.95. The minimum absolute atomic E-state index is 0.0411. The number of hydrogen-bond donors (Lipinski definition) is 1. The molecule has 3 rings (SSSR count). The molecule has 1 aliphatic heterocycles. The molecule has 1 atom stereocenters. The SMILES string of the molecule is CC1(C2CC2)NC(=O)CN(Cc2cccc(Cl)c2Cl)C1=O. The van der Waals surface area contributed by atoms with Gasteiger partial charge in [0.1, 0.15) is 5.54 Å². The van der Waals surface area contributed by atoms with Crippen molar-refractivity contribution in [3.8, 4) is 0 Å². The molecule has 0 aromatic heterocycles. The zero-order valence-electron chi connectivity index (χ0n) is 11.7. The highest BCUT2D eigenvalue weighted by Crippen LogP contribution is 2.42. The Balaban J connectivity index is 1.85. The molecule has 1 unspecified atom stereocenters. The lowest BCUT2D eigenvalue weighted by Crippen LogP contribution is -2.66. The summed E-state index contributed by atoms with van der Waals surface area (Å²) >= 11 is 12.2. The van der Waals surface area contributed by atoms with Gasteiger partial charge in [0, 0.05) is 6.54 Å². The molecule has 0 bridgehead atoms. The van der Waals surface area contributed by atoms with Crippen LogP contribution in [-0.2, 0) is 16.1 Å². The zero-order valence-corrected chi connectivity index (χ0v) is 13.2. The minimum atomic E-state index is -0.777. The molecule has 0 radical (unpaired) electrons. The average Bonchev–Trinajstić information content (AvgIpc) is 3.25. The summed E-state index contributed by atoms with van der Waals surface area (Å²) in [5.41, 5.74) is -0.0224. The van der Waals surface area contributed by atoms with Crippen LogP contribution >= 0.6 is 23.2 Å². The second kappa shape index (κ2) is 5.18. The van der Waals surface area contributed by atoms with Crippen molar-refractivity contribution < 1.29 is 9.59 Å². The third-order valence-corrected chi connectivity index (χ3v) is 5.11. The van der Waals surface area contributed by atoms with Gasteiger partial charge in [-0.15, -0.1) is 0 Å². The van der Waals surface area contributed by atoms with E-state index in [1.54, 1.807) is 17.0 Å². The first kappa shape index (κ1) is 14.7. The molecular weight excluding hydrogens is 311 g/mol. The Morgan fingerprint density at radius 1 is 1.33 bits per heavy atom. The Morgan fingerprint density at radius 3 is 2.71 bits per heavy atom. The monoisotopic (exact) mass is 326 g/mol. The number of hydrogen-bond acceptors (Lipinski definition) is 2. The van der Waals surface area contributed by atoms with Crippen LogP contribution in [0.3, 0.4) is 0 Å². The van der Waals surface area contributed by atoms with Crippen molar-refractivity contribution in [3.63, 3.8) is 0 Å². The van der Waals surface area contributed by atoms with Gasteiger partial charge in [0.15, 0.2) is 0 Å². The van der Waals surface area contributed by atoms with Gasteiger partial charge in [0.25, 0.3) is 0 Å². The summed E-state index contributed by atoms with van der Waals surface area (Å²) in [5.74, 6) is 0.0781. The lowest BCUT2D eigenvalue weighted by molar-refractivity contribution is -0.150. The maximum absolute atomic E-state index is 12.7. The molecule has 2 amide bonds. The molecule has 112 valence electrons. The van der Waals surface area contributed by atoms with Crippen molar-refractivity contribution in [1.29, 1.82) is 0 Å². The van der Waals surface area contributed by atoms with E-state index in [1.807, 2.05) is 13.0 Å². The lowest BCUT2D eigenvalue weighted by Gasteiger charge is -2.40. The molecule has 1 aliphatic carbocycles. The van der Waals surface area contributed by atoms with E-state index in [-0.39, 0.29) is 24.3 Å². The third-order valence-electron chi connectivity index (χ3n) is 4.25. The van der Waals surface area contributed by atoms with Crippen LogP contribution in [0.1, 0.15) is 25.3 Å². The van der Waals surface area contributed by atoms with Crippen LogP contribution in [0.25, 0.3) is 0 Å². The fourth-order valence-corrected chi connectivity index (χ4v) is 3.28. The Kier molecular flexibility index (Phi) is 3.62. The summed E-state index contributed by atoms with van der Waals surface area (Å²) in [6, 6.07) is 5.31. The van der Waals surface area contributed by atoms with Crippen LogP contribution in [-0.4, -0.2) is 28.8 Å². The highest BCUT2D eigenvalue weighted by atomic mass is 35.5. The van der Waals surface area contributed by atoms with Crippen LogP contribution in [0.15, 0.2) is 18.2 Å². The molecule has 0 spiro atoms. The number of nitrogens with zero attached hydrogens (tertiary/aromatic N) is 1. The molecule has 4 nitrogen and oxygen atoms in total. The Bertz CT molecular complexity index is 616. The molecule has 1 aromatic rings. The number of carbonyl (C=O) groups is 2. The summed E-state index contributed by atoms with van der Waals surface area (Å²) in [6.07, 6.45) is 1.96. The Labute approximate surface area is 133 Å². The maximum atomic E-state index is 12.7.